The van der Waals surface area contributed by atoms with Crippen molar-refractivity contribution in [1.29, 1.82) is 0 Å². The highest BCUT2D eigenvalue weighted by Gasteiger charge is 2.37. The van der Waals surface area contributed by atoms with Crippen LogP contribution in [0.5, 0.6) is 0 Å². The first-order valence-electron chi connectivity index (χ1n) is 6.05. The first kappa shape index (κ1) is 12.8. The molecule has 84 valence electrons. The van der Waals surface area contributed by atoms with Gasteiger partial charge < -0.3 is 28.5 Å². The minimum atomic E-state index is 0. The Bertz CT molecular complexity index is 175. The van der Waals surface area contributed by atoms with Crippen LogP contribution < -0.4 is 24.0 Å². The normalized spacial score (nSPS) is 36.4. The molecule has 0 bridgehead atoms. The van der Waals surface area contributed by atoms with Gasteiger partial charge in [-0.2, -0.15) is 0 Å². The molecule has 0 spiro atoms. The monoisotopic (exact) mass is 309 g/mol. The Hall–Kier alpha value is 0.690. The molecule has 2 heteroatoms. The molecule has 1 saturated carbocycles. The number of nitrogens with zero attached hydrogens (tertiary/aromatic N) is 1. The summed E-state index contributed by atoms with van der Waals surface area (Å²) in [6, 6.07) is 1.01. The number of halogens is 1. The molecule has 2 atom stereocenters. The second-order valence-corrected chi connectivity index (χ2v) is 5.56. The summed E-state index contributed by atoms with van der Waals surface area (Å²) in [5, 5.41) is 0. The second kappa shape index (κ2) is 5.15. The summed E-state index contributed by atoms with van der Waals surface area (Å²) in [5.74, 6) is 0.995. The second-order valence-electron chi connectivity index (χ2n) is 5.56. The lowest BCUT2D eigenvalue weighted by Gasteiger charge is -2.41. The van der Waals surface area contributed by atoms with E-state index in [2.05, 4.69) is 14.0 Å². The average molecular weight is 309 g/mol. The van der Waals surface area contributed by atoms with E-state index in [1.165, 1.54) is 56.1 Å². The van der Waals surface area contributed by atoms with Gasteiger partial charge in [0.1, 0.15) is 0 Å². The smallest absolute Gasteiger partial charge is 0.0890 e. The maximum atomic E-state index is 2.50. The van der Waals surface area contributed by atoms with Crippen molar-refractivity contribution in [2.75, 3.05) is 20.1 Å². The highest BCUT2D eigenvalue weighted by atomic mass is 127. The van der Waals surface area contributed by atoms with E-state index in [-0.39, 0.29) is 24.0 Å². The fraction of sp³-hybridized carbons (Fsp3) is 1.00. The van der Waals surface area contributed by atoms with Gasteiger partial charge in [-0.1, -0.05) is 13.3 Å². The quantitative estimate of drug-likeness (QED) is 0.465. The lowest BCUT2D eigenvalue weighted by molar-refractivity contribution is -0.923. The van der Waals surface area contributed by atoms with Crippen molar-refractivity contribution in [2.24, 2.45) is 5.92 Å². The zero-order chi connectivity index (χ0) is 9.31. The first-order chi connectivity index (χ1) is 6.21. The molecular weight excluding hydrogens is 285 g/mol. The van der Waals surface area contributed by atoms with Gasteiger partial charge in [0, 0.05) is 19.3 Å². The summed E-state index contributed by atoms with van der Waals surface area (Å²) in [4.78, 5) is 0. The third-order valence-electron chi connectivity index (χ3n) is 4.38. The van der Waals surface area contributed by atoms with Gasteiger partial charge in [-0.3, -0.25) is 0 Å². The molecule has 0 aromatic carbocycles. The van der Waals surface area contributed by atoms with Crippen LogP contribution in [0, 0.1) is 5.92 Å². The minimum absolute atomic E-state index is 0. The lowest BCUT2D eigenvalue weighted by atomic mass is 9.85. The van der Waals surface area contributed by atoms with E-state index in [0.29, 0.717) is 0 Å². The number of quaternary nitrogens is 1. The zero-order valence-corrected chi connectivity index (χ0v) is 11.8. The van der Waals surface area contributed by atoms with Crippen molar-refractivity contribution < 1.29 is 28.5 Å². The van der Waals surface area contributed by atoms with Crippen molar-refractivity contribution in [3.05, 3.63) is 0 Å². The van der Waals surface area contributed by atoms with Gasteiger partial charge in [0.25, 0.3) is 0 Å². The molecule has 1 aliphatic heterocycles. The Labute approximate surface area is 106 Å². The van der Waals surface area contributed by atoms with Gasteiger partial charge in [0.05, 0.1) is 26.2 Å². The molecule has 2 rings (SSSR count). The first-order valence-corrected chi connectivity index (χ1v) is 6.05. The summed E-state index contributed by atoms with van der Waals surface area (Å²) in [7, 11) is 2.50. The van der Waals surface area contributed by atoms with Crippen molar-refractivity contribution >= 4 is 0 Å². The number of hydrogen-bond acceptors (Lipinski definition) is 0. The van der Waals surface area contributed by atoms with Gasteiger partial charge in [-0.05, 0) is 18.8 Å². The third kappa shape index (κ3) is 2.63. The standard InChI is InChI=1S/C12H24N.HI/c1-11-6-5-7-12(10-11)13(2)8-3-4-9-13;/h11-12H,3-10H2,1-2H3;1H/q+1;/p-1. The summed E-state index contributed by atoms with van der Waals surface area (Å²) >= 11 is 0. The SMILES string of the molecule is CC1CCCC([N+]2(C)CCCC2)C1.[I-]. The molecule has 0 aromatic rings. The number of likely N-dealkylation sites (tertiary alicyclic amines) is 1. The average Bonchev–Trinajstić information content (AvgIpc) is 2.54. The molecule has 0 N–H and O–H groups in total. The van der Waals surface area contributed by atoms with Crippen LogP contribution in [0.15, 0.2) is 0 Å². The van der Waals surface area contributed by atoms with E-state index in [4.69, 9.17) is 0 Å². The topological polar surface area (TPSA) is 0 Å². The molecule has 0 amide bonds. The third-order valence-corrected chi connectivity index (χ3v) is 4.38. The molecule has 2 fully saturated rings. The molecule has 2 unspecified atom stereocenters. The van der Waals surface area contributed by atoms with Crippen LogP contribution in [-0.2, 0) is 0 Å². The lowest BCUT2D eigenvalue weighted by Crippen LogP contribution is -3.00. The summed E-state index contributed by atoms with van der Waals surface area (Å²) < 4.78 is 1.41. The van der Waals surface area contributed by atoms with Gasteiger partial charge in [0.2, 0.25) is 0 Å². The highest BCUT2D eigenvalue weighted by Crippen LogP contribution is 2.33. The summed E-state index contributed by atoms with van der Waals surface area (Å²) in [6.45, 7) is 5.35. The van der Waals surface area contributed by atoms with E-state index in [9.17, 15) is 0 Å². The van der Waals surface area contributed by atoms with Gasteiger partial charge >= 0.3 is 0 Å². The van der Waals surface area contributed by atoms with Crippen LogP contribution in [0.2, 0.25) is 0 Å². The predicted octanol–water partition coefficient (Wildman–Crippen LogP) is -0.190. The van der Waals surface area contributed by atoms with Crippen molar-refractivity contribution in [3.8, 4) is 0 Å². The molecular formula is C12H24IN. The summed E-state index contributed by atoms with van der Waals surface area (Å²) in [5.41, 5.74) is 0. The molecule has 1 nitrogen and oxygen atoms in total. The minimum Gasteiger partial charge on any atom is -1.00 e. The van der Waals surface area contributed by atoms with Crippen LogP contribution in [0.25, 0.3) is 0 Å². The highest BCUT2D eigenvalue weighted by molar-refractivity contribution is 4.73. The van der Waals surface area contributed by atoms with E-state index >= 15 is 0 Å². The van der Waals surface area contributed by atoms with Crippen molar-refractivity contribution in [1.82, 2.24) is 0 Å². The largest absolute Gasteiger partial charge is 1.00 e. The van der Waals surface area contributed by atoms with Gasteiger partial charge in [-0.25, -0.2) is 0 Å². The Morgan fingerprint density at radius 3 is 2.21 bits per heavy atom. The Balaban J connectivity index is 0.000000980. The molecule has 1 aliphatic carbocycles. The van der Waals surface area contributed by atoms with E-state index < -0.39 is 0 Å². The maximum Gasteiger partial charge on any atom is 0.0890 e. The van der Waals surface area contributed by atoms with Crippen LogP contribution in [0.3, 0.4) is 0 Å². The molecule has 0 aromatic heterocycles. The van der Waals surface area contributed by atoms with E-state index in [1.54, 1.807) is 0 Å². The molecule has 1 saturated heterocycles. The molecule has 14 heavy (non-hydrogen) atoms. The zero-order valence-electron chi connectivity index (χ0n) is 9.64. The number of hydrogen-bond donors (Lipinski definition) is 0. The van der Waals surface area contributed by atoms with Crippen molar-refractivity contribution in [3.63, 3.8) is 0 Å². The Morgan fingerprint density at radius 1 is 1.00 bits per heavy atom. The van der Waals surface area contributed by atoms with Crippen LogP contribution in [-0.4, -0.2) is 30.7 Å². The molecule has 1 heterocycles. The predicted molar refractivity (Wildman–Crippen MR) is 56.6 cm³/mol. The van der Waals surface area contributed by atoms with Crippen LogP contribution >= 0.6 is 0 Å². The fourth-order valence-corrected chi connectivity index (χ4v) is 3.39. The number of rotatable bonds is 1. The Morgan fingerprint density at radius 2 is 1.64 bits per heavy atom. The van der Waals surface area contributed by atoms with Crippen LogP contribution in [0.1, 0.15) is 45.4 Å². The molecule has 2 aliphatic rings. The van der Waals surface area contributed by atoms with Crippen LogP contribution in [0.4, 0.5) is 0 Å². The molecule has 0 radical (unpaired) electrons. The Kier molecular flexibility index (Phi) is 4.69. The van der Waals surface area contributed by atoms with Gasteiger partial charge in [-0.15, -0.1) is 0 Å². The van der Waals surface area contributed by atoms with Gasteiger partial charge in [0.15, 0.2) is 0 Å². The maximum absolute atomic E-state index is 2.50. The van der Waals surface area contributed by atoms with Crippen molar-refractivity contribution in [2.45, 2.75) is 51.5 Å². The van der Waals surface area contributed by atoms with E-state index in [0.717, 1.165) is 12.0 Å². The summed E-state index contributed by atoms with van der Waals surface area (Å²) in [6.07, 6.45) is 8.91. The fourth-order valence-electron chi connectivity index (χ4n) is 3.39. The van der Waals surface area contributed by atoms with E-state index in [1.807, 2.05) is 0 Å².